The van der Waals surface area contributed by atoms with Crippen LogP contribution in [0.4, 0.5) is 34.1 Å². The third-order valence-electron chi connectivity index (χ3n) is 11.3. The molecular formula is C53H36N2O2. The average Bonchev–Trinajstić information content (AvgIpc) is 3.84. The van der Waals surface area contributed by atoms with Crippen LogP contribution in [0.15, 0.2) is 191 Å². The fourth-order valence-corrected chi connectivity index (χ4v) is 8.85. The number of hydrogen-bond acceptors (Lipinski definition) is 4. The third-order valence-corrected chi connectivity index (χ3v) is 11.3. The minimum Gasteiger partial charge on any atom is -0.454 e. The Balaban J connectivity index is 1.19. The molecule has 0 saturated heterocycles. The van der Waals surface area contributed by atoms with Gasteiger partial charge in [-0.2, -0.15) is 0 Å². The second-order valence-corrected chi connectivity index (χ2v) is 14.4. The lowest BCUT2D eigenvalue weighted by molar-refractivity contribution is 0.604. The summed E-state index contributed by atoms with van der Waals surface area (Å²) in [5.74, 6) is 0.757. The van der Waals surface area contributed by atoms with Crippen molar-refractivity contribution in [1.82, 2.24) is 0 Å². The quantitative estimate of drug-likeness (QED) is 0.146. The highest BCUT2D eigenvalue weighted by Gasteiger charge is 2.25. The molecule has 0 aliphatic heterocycles. The van der Waals surface area contributed by atoms with Gasteiger partial charge in [0.15, 0.2) is 11.2 Å². The first kappa shape index (κ1) is 32.8. The fourth-order valence-electron chi connectivity index (χ4n) is 8.85. The maximum absolute atomic E-state index is 6.65. The van der Waals surface area contributed by atoms with E-state index in [1.165, 1.54) is 21.5 Å². The van der Waals surface area contributed by atoms with Crippen LogP contribution in [0.25, 0.3) is 77.4 Å². The van der Waals surface area contributed by atoms with Crippen LogP contribution in [0.3, 0.4) is 0 Å². The summed E-state index contributed by atoms with van der Waals surface area (Å²) in [4.78, 5) is 4.69. The molecule has 0 N–H and O–H groups in total. The maximum atomic E-state index is 6.65. The molecule has 2 aromatic heterocycles. The molecule has 0 atom stereocenters. The molecule has 0 spiro atoms. The summed E-state index contributed by atoms with van der Waals surface area (Å²) in [6, 6.07) is 60.4. The van der Waals surface area contributed by atoms with Crippen LogP contribution >= 0.6 is 0 Å². The van der Waals surface area contributed by atoms with Crippen LogP contribution in [0.5, 0.6) is 0 Å². The van der Waals surface area contributed by atoms with Crippen molar-refractivity contribution in [2.45, 2.75) is 6.92 Å². The number of anilines is 6. The SMILES string of the molecule is C=Cc1oc2c(N(c3ccccc3)c3ccc4ccc5c(N(c6ccccc6)c6cccc7c6oc6ccccc67)ccc6ccc3c4c65)cccc2c1/C=C\C. The van der Waals surface area contributed by atoms with Crippen LogP contribution in [0, 0.1) is 0 Å². The van der Waals surface area contributed by atoms with Gasteiger partial charge in [-0.05, 0) is 89.1 Å². The van der Waals surface area contributed by atoms with E-state index in [0.717, 1.165) is 89.1 Å². The second kappa shape index (κ2) is 13.0. The minimum atomic E-state index is 0.757. The van der Waals surface area contributed by atoms with Crippen molar-refractivity contribution in [3.8, 4) is 0 Å². The van der Waals surface area contributed by atoms with Crippen LogP contribution in [0.1, 0.15) is 18.2 Å². The molecule has 0 fully saturated rings. The standard InChI is InChI=1S/C53H36N2O2/c1-3-15-38-40-21-13-23-46(52(40)56-48(38)4-2)54(36-16-7-5-8-17-36)44-32-28-34-27-31-43-45(33-29-35-26-30-42(44)50(34)51(35)43)55(37-18-9-6-10-19-37)47-24-14-22-41-39-20-11-12-25-49(39)57-53(41)47/h3-33H,2H2,1H3/b15-3-. The van der Waals surface area contributed by atoms with E-state index in [2.05, 4.69) is 180 Å². The third kappa shape index (κ3) is 5.01. The molecular weight excluding hydrogens is 697 g/mol. The van der Waals surface area contributed by atoms with Crippen molar-refractivity contribution in [3.05, 3.63) is 194 Å². The first-order valence-electron chi connectivity index (χ1n) is 19.3. The first-order valence-corrected chi connectivity index (χ1v) is 19.3. The lowest BCUT2D eigenvalue weighted by Crippen LogP contribution is -2.11. The van der Waals surface area contributed by atoms with Crippen molar-refractivity contribution in [2.24, 2.45) is 0 Å². The van der Waals surface area contributed by atoms with Gasteiger partial charge in [-0.1, -0.05) is 134 Å². The molecule has 0 saturated carbocycles. The normalized spacial score (nSPS) is 11.9. The number of hydrogen-bond donors (Lipinski definition) is 0. The average molecular weight is 733 g/mol. The largest absolute Gasteiger partial charge is 0.454 e. The van der Waals surface area contributed by atoms with E-state index >= 15 is 0 Å². The van der Waals surface area contributed by atoms with E-state index in [4.69, 9.17) is 8.83 Å². The van der Waals surface area contributed by atoms with E-state index in [9.17, 15) is 0 Å². The molecule has 11 rings (SSSR count). The molecule has 2 heterocycles. The van der Waals surface area contributed by atoms with Crippen molar-refractivity contribution in [3.63, 3.8) is 0 Å². The first-order chi connectivity index (χ1) is 28.2. The van der Waals surface area contributed by atoms with Crippen molar-refractivity contribution in [2.75, 3.05) is 9.80 Å². The van der Waals surface area contributed by atoms with Gasteiger partial charge in [-0.25, -0.2) is 0 Å². The van der Waals surface area contributed by atoms with Crippen molar-refractivity contribution in [1.29, 1.82) is 0 Å². The molecule has 4 nitrogen and oxygen atoms in total. The lowest BCUT2D eigenvalue weighted by Gasteiger charge is -2.29. The summed E-state index contributed by atoms with van der Waals surface area (Å²) >= 11 is 0. The lowest BCUT2D eigenvalue weighted by atomic mass is 9.91. The zero-order chi connectivity index (χ0) is 38.0. The van der Waals surface area contributed by atoms with Gasteiger partial charge in [0.1, 0.15) is 11.3 Å². The van der Waals surface area contributed by atoms with Crippen LogP contribution in [0.2, 0.25) is 0 Å². The number of allylic oxidation sites excluding steroid dienone is 1. The number of rotatable bonds is 8. The van der Waals surface area contributed by atoms with Gasteiger partial charge in [0.05, 0.1) is 22.7 Å². The van der Waals surface area contributed by atoms with Crippen LogP contribution < -0.4 is 9.80 Å². The molecule has 4 heteroatoms. The summed E-state index contributed by atoms with van der Waals surface area (Å²) in [7, 11) is 0. The van der Waals surface area contributed by atoms with Gasteiger partial charge in [0, 0.05) is 43.9 Å². The molecule has 0 aliphatic carbocycles. The smallest absolute Gasteiger partial charge is 0.159 e. The summed E-state index contributed by atoms with van der Waals surface area (Å²) in [6.07, 6.45) is 5.94. The zero-order valence-electron chi connectivity index (χ0n) is 31.3. The summed E-state index contributed by atoms with van der Waals surface area (Å²) in [5, 5.41) is 10.4. The number of fused-ring (bicyclic) bond motifs is 4. The summed E-state index contributed by atoms with van der Waals surface area (Å²) in [5.41, 5.74) is 9.77. The Morgan fingerprint density at radius 1 is 0.439 bits per heavy atom. The number of benzene rings is 9. The predicted molar refractivity (Wildman–Crippen MR) is 241 cm³/mol. The fraction of sp³-hybridized carbons (Fsp3) is 0.0189. The monoisotopic (exact) mass is 732 g/mol. The van der Waals surface area contributed by atoms with Crippen LogP contribution in [-0.4, -0.2) is 0 Å². The minimum absolute atomic E-state index is 0.757. The predicted octanol–water partition coefficient (Wildman–Crippen LogP) is 15.8. The molecule has 9 aromatic carbocycles. The highest BCUT2D eigenvalue weighted by molar-refractivity contribution is 6.28. The summed E-state index contributed by atoms with van der Waals surface area (Å²) in [6.45, 7) is 6.11. The van der Waals surface area contributed by atoms with Gasteiger partial charge < -0.3 is 18.6 Å². The Kier molecular flexibility index (Phi) is 7.51. The Hall–Kier alpha value is -7.56. The zero-order valence-corrected chi connectivity index (χ0v) is 31.3. The van der Waals surface area contributed by atoms with Gasteiger partial charge in [0.2, 0.25) is 0 Å². The molecule has 0 amide bonds. The second-order valence-electron chi connectivity index (χ2n) is 14.4. The Bertz CT molecular complexity index is 3340. The molecule has 57 heavy (non-hydrogen) atoms. The van der Waals surface area contributed by atoms with Gasteiger partial charge in [-0.15, -0.1) is 0 Å². The maximum Gasteiger partial charge on any atom is 0.159 e. The number of para-hydroxylation sites is 5. The van der Waals surface area contributed by atoms with E-state index in [1.807, 2.05) is 25.1 Å². The topological polar surface area (TPSA) is 32.8 Å². The van der Waals surface area contributed by atoms with Crippen molar-refractivity contribution >= 4 is 112 Å². The molecule has 0 radical (unpaired) electrons. The molecule has 0 bridgehead atoms. The van der Waals surface area contributed by atoms with Gasteiger partial charge in [0.25, 0.3) is 0 Å². The van der Waals surface area contributed by atoms with E-state index in [1.54, 1.807) is 6.08 Å². The molecule has 270 valence electrons. The van der Waals surface area contributed by atoms with Crippen molar-refractivity contribution < 1.29 is 8.83 Å². The highest BCUT2D eigenvalue weighted by Crippen LogP contribution is 2.50. The van der Waals surface area contributed by atoms with Gasteiger partial charge >= 0.3 is 0 Å². The van der Waals surface area contributed by atoms with E-state index in [-0.39, 0.29) is 0 Å². The molecule has 0 aliphatic rings. The molecule has 0 unspecified atom stereocenters. The Morgan fingerprint density at radius 2 is 0.947 bits per heavy atom. The number of furan rings is 2. The Morgan fingerprint density at radius 3 is 1.53 bits per heavy atom. The summed E-state index contributed by atoms with van der Waals surface area (Å²) < 4.78 is 13.3. The highest BCUT2D eigenvalue weighted by atomic mass is 16.3. The Labute approximate surface area is 329 Å². The van der Waals surface area contributed by atoms with E-state index in [0.29, 0.717) is 0 Å². The number of nitrogens with zero attached hydrogens (tertiary/aromatic N) is 2. The van der Waals surface area contributed by atoms with Gasteiger partial charge in [-0.3, -0.25) is 0 Å². The van der Waals surface area contributed by atoms with Crippen LogP contribution in [-0.2, 0) is 0 Å². The molecule has 11 aromatic rings. The van der Waals surface area contributed by atoms with E-state index < -0.39 is 0 Å².